The first-order chi connectivity index (χ1) is 22.5. The van der Waals surface area contributed by atoms with E-state index in [1.54, 1.807) is 135 Å². The van der Waals surface area contributed by atoms with Crippen LogP contribution in [0.1, 0.15) is 206 Å². The first-order valence-corrected chi connectivity index (χ1v) is 27.9. The van der Waals surface area contributed by atoms with Gasteiger partial charge in [0.15, 0.2) is 0 Å². The molecule has 0 bridgehead atoms. The SMILES string of the molecule is C1CCC([C-](C2CCCCC2)C2CCCCC2)CC1.C1CCC([PH+](C2CCCCC2)C2CCCCC2)CC1.CC(C)=C[CH]=[Ru]([Cl])[Cl]. The van der Waals surface area contributed by atoms with Crippen molar-refractivity contribution >= 4 is 31.9 Å². The number of hydrogen-bond acceptors (Lipinski definition) is 0. The van der Waals surface area contributed by atoms with E-state index in [9.17, 15) is 0 Å². The number of allylic oxidation sites excluding steroid dienone is 2. The molecule has 0 spiro atoms. The molecule has 0 aromatic carbocycles. The predicted molar refractivity (Wildman–Crippen MR) is 209 cm³/mol. The van der Waals surface area contributed by atoms with Crippen molar-refractivity contribution in [1.82, 2.24) is 0 Å². The zero-order valence-corrected chi connectivity index (χ0v) is 34.7. The van der Waals surface area contributed by atoms with E-state index in [4.69, 9.17) is 19.4 Å². The molecule has 6 rings (SSSR count). The van der Waals surface area contributed by atoms with Gasteiger partial charge in [0.25, 0.3) is 0 Å². The van der Waals surface area contributed by atoms with Gasteiger partial charge in [-0.25, -0.2) is 0 Å². The summed E-state index contributed by atoms with van der Waals surface area (Å²) in [5.74, 6) is 5.24. The fourth-order valence-corrected chi connectivity index (χ4v) is 17.3. The number of halogens is 2. The summed E-state index contributed by atoms with van der Waals surface area (Å²) in [4.78, 5) is 0. The zero-order valence-electron chi connectivity index (χ0n) is 30.4. The standard InChI is InChI=1S/C19H33.C18H33P.C5H8.2ClH.Ru/c2*1-4-10-16(11-5-1)19(17-12-6-2-7-13-17)18-14-8-3-9-15-18;1-4-5(2)3;;;/h2*16-18H,1-15H2;1,4H,2-3H3;2*1H;/q-1;;;;;+2/p-1. The maximum atomic E-state index is 5.53. The third kappa shape index (κ3) is 14.5. The summed E-state index contributed by atoms with van der Waals surface area (Å²) >= 11 is -1.52. The van der Waals surface area contributed by atoms with Crippen molar-refractivity contribution in [2.24, 2.45) is 17.8 Å². The van der Waals surface area contributed by atoms with Crippen LogP contribution in [0.25, 0.3) is 0 Å². The minimum atomic E-state index is -1.52. The second kappa shape index (κ2) is 23.7. The van der Waals surface area contributed by atoms with Crippen molar-refractivity contribution in [3.8, 4) is 0 Å². The molecular weight excluding hydrogens is 707 g/mol. The van der Waals surface area contributed by atoms with Crippen molar-refractivity contribution in [3.05, 3.63) is 17.6 Å². The molecule has 0 heterocycles. The predicted octanol–water partition coefficient (Wildman–Crippen LogP) is 15.2. The molecule has 0 saturated heterocycles. The van der Waals surface area contributed by atoms with Gasteiger partial charge in [0.2, 0.25) is 0 Å². The van der Waals surface area contributed by atoms with Gasteiger partial charge in [-0.3, -0.25) is 0 Å². The van der Waals surface area contributed by atoms with E-state index in [-0.39, 0.29) is 7.92 Å². The molecule has 0 aromatic rings. The van der Waals surface area contributed by atoms with Gasteiger partial charge in [-0.15, -0.1) is 0 Å². The Kier molecular flexibility index (Phi) is 20.6. The first kappa shape index (κ1) is 40.0. The summed E-state index contributed by atoms with van der Waals surface area (Å²) in [6, 6.07) is 0. The van der Waals surface area contributed by atoms with E-state index in [1.165, 1.54) is 80.3 Å². The van der Waals surface area contributed by atoms with Gasteiger partial charge in [0, 0.05) is 7.92 Å². The van der Waals surface area contributed by atoms with Gasteiger partial charge < -0.3 is 5.92 Å². The van der Waals surface area contributed by atoms with Crippen LogP contribution in [-0.4, -0.2) is 21.6 Å². The molecule has 0 nitrogen and oxygen atoms in total. The molecule has 0 atom stereocenters. The third-order valence-corrected chi connectivity index (χ3v) is 19.3. The Hall–Kier alpha value is 1.24. The Balaban J connectivity index is 0.000000170. The van der Waals surface area contributed by atoms with E-state index >= 15 is 0 Å². The van der Waals surface area contributed by atoms with Crippen LogP contribution in [0, 0.1) is 23.7 Å². The van der Waals surface area contributed by atoms with Gasteiger partial charge in [0.1, 0.15) is 0 Å². The van der Waals surface area contributed by atoms with E-state index in [0.717, 1.165) is 17.8 Å². The van der Waals surface area contributed by atoms with Crippen LogP contribution in [0.4, 0.5) is 0 Å². The van der Waals surface area contributed by atoms with Crippen molar-refractivity contribution in [1.29, 1.82) is 0 Å². The second-order valence-electron chi connectivity index (χ2n) is 16.6. The van der Waals surface area contributed by atoms with Gasteiger partial charge in [-0.1, -0.05) is 116 Å². The van der Waals surface area contributed by atoms with E-state index in [1.807, 2.05) is 24.5 Å². The number of rotatable bonds is 7. The second-order valence-corrected chi connectivity index (χ2v) is 25.8. The third-order valence-electron chi connectivity index (χ3n) is 12.9. The molecule has 0 radical (unpaired) electrons. The Morgan fingerprint density at radius 3 is 0.935 bits per heavy atom. The maximum absolute atomic E-state index is 5.53. The molecular formula is C42H75Cl2PRu. The van der Waals surface area contributed by atoms with Crippen LogP contribution >= 0.6 is 27.3 Å². The van der Waals surface area contributed by atoms with Gasteiger partial charge in [-0.2, -0.15) is 17.8 Å². The summed E-state index contributed by atoms with van der Waals surface area (Å²) in [5, 5.41) is 0. The molecule has 0 unspecified atom stereocenters. The summed E-state index contributed by atoms with van der Waals surface area (Å²) < 4.78 is 1.88. The first-order valence-electron chi connectivity index (χ1n) is 20.7. The van der Waals surface area contributed by atoms with E-state index in [0.29, 0.717) is 0 Å². The van der Waals surface area contributed by atoms with Crippen molar-refractivity contribution < 1.29 is 13.5 Å². The van der Waals surface area contributed by atoms with E-state index < -0.39 is 13.5 Å². The molecule has 4 heteroatoms. The fraction of sp³-hybridized carbons (Fsp3) is 0.905. The molecule has 0 amide bonds. The molecule has 6 saturated carbocycles. The molecule has 0 aromatic heterocycles. The monoisotopic (exact) mass is 782 g/mol. The Labute approximate surface area is 302 Å². The number of hydrogen-bond donors (Lipinski definition) is 0. The van der Waals surface area contributed by atoms with Crippen LogP contribution in [0.3, 0.4) is 0 Å². The van der Waals surface area contributed by atoms with Gasteiger partial charge in [-0.05, 0) is 77.0 Å². The average Bonchev–Trinajstić information content (AvgIpc) is 3.11. The molecule has 0 aliphatic heterocycles. The van der Waals surface area contributed by atoms with Crippen LogP contribution in [0.15, 0.2) is 11.6 Å². The average molecular weight is 783 g/mol. The topological polar surface area (TPSA) is 0 Å². The minimum absolute atomic E-state index is 0.0465. The molecule has 0 N–H and O–H groups in total. The summed E-state index contributed by atoms with van der Waals surface area (Å²) in [6.45, 7) is 4.03. The zero-order chi connectivity index (χ0) is 32.4. The molecule has 270 valence electrons. The summed E-state index contributed by atoms with van der Waals surface area (Å²) in [6.07, 6.45) is 48.7. The van der Waals surface area contributed by atoms with Gasteiger partial charge in [0.05, 0.1) is 17.0 Å². The molecule has 6 aliphatic rings. The van der Waals surface area contributed by atoms with Crippen LogP contribution < -0.4 is 0 Å². The molecule has 46 heavy (non-hydrogen) atoms. The van der Waals surface area contributed by atoms with Crippen molar-refractivity contribution in [3.63, 3.8) is 0 Å². The van der Waals surface area contributed by atoms with Crippen LogP contribution in [-0.2, 0) is 13.5 Å². The van der Waals surface area contributed by atoms with Gasteiger partial charge >= 0.3 is 63.0 Å². The normalized spacial score (nSPS) is 25.7. The van der Waals surface area contributed by atoms with Crippen LogP contribution in [0.2, 0.25) is 0 Å². The summed E-state index contributed by atoms with van der Waals surface area (Å²) in [7, 11) is 11.0. The quantitative estimate of drug-likeness (QED) is 0.137. The Morgan fingerprint density at radius 2 is 0.717 bits per heavy atom. The van der Waals surface area contributed by atoms with E-state index in [2.05, 4.69) is 5.92 Å². The summed E-state index contributed by atoms with van der Waals surface area (Å²) in [5.41, 5.74) is 4.92. The van der Waals surface area contributed by atoms with Crippen molar-refractivity contribution in [2.45, 2.75) is 223 Å². The van der Waals surface area contributed by atoms with Crippen LogP contribution in [0.5, 0.6) is 0 Å². The Morgan fingerprint density at radius 1 is 0.457 bits per heavy atom. The molecule has 6 fully saturated rings. The fourth-order valence-electron chi connectivity index (χ4n) is 10.8. The molecule has 6 aliphatic carbocycles. The Bertz CT molecular complexity index is 672. The van der Waals surface area contributed by atoms with Crippen molar-refractivity contribution in [2.75, 3.05) is 0 Å².